The van der Waals surface area contributed by atoms with Gasteiger partial charge in [-0.3, -0.25) is 0 Å². The molecule has 1 N–H and O–H groups in total. The second-order valence-electron chi connectivity index (χ2n) is 3.31. The van der Waals surface area contributed by atoms with E-state index in [1.54, 1.807) is 6.20 Å². The fourth-order valence-electron chi connectivity index (χ4n) is 1.25. The summed E-state index contributed by atoms with van der Waals surface area (Å²) in [7, 11) is 1.92. The maximum atomic E-state index is 5.51. The molecule has 0 aliphatic heterocycles. The first kappa shape index (κ1) is 11.7. The number of rotatable bonds is 7. The summed E-state index contributed by atoms with van der Waals surface area (Å²) in [5.74, 6) is 0.701. The molecule has 1 heterocycles. The smallest absolute Gasteiger partial charge is 0.213 e. The van der Waals surface area contributed by atoms with Crippen LogP contribution in [-0.2, 0) is 6.54 Å². The van der Waals surface area contributed by atoms with Crippen molar-refractivity contribution in [2.24, 2.45) is 0 Å². The van der Waals surface area contributed by atoms with Gasteiger partial charge in [0, 0.05) is 18.8 Å². The molecule has 0 saturated heterocycles. The molecule has 0 bridgehead atoms. The fourth-order valence-corrected chi connectivity index (χ4v) is 1.25. The predicted molar refractivity (Wildman–Crippen MR) is 61.9 cm³/mol. The van der Waals surface area contributed by atoms with Gasteiger partial charge in [0.15, 0.2) is 0 Å². The highest BCUT2D eigenvalue weighted by atomic mass is 16.5. The van der Waals surface area contributed by atoms with E-state index in [1.165, 1.54) is 5.56 Å². The number of ether oxygens (including phenoxy) is 1. The van der Waals surface area contributed by atoms with Crippen LogP contribution in [0.3, 0.4) is 0 Å². The predicted octanol–water partition coefficient (Wildman–Crippen LogP) is 2.15. The molecule has 1 aromatic rings. The van der Waals surface area contributed by atoms with Gasteiger partial charge in [0.05, 0.1) is 6.61 Å². The van der Waals surface area contributed by atoms with Gasteiger partial charge >= 0.3 is 0 Å². The molecule has 0 fully saturated rings. The van der Waals surface area contributed by atoms with Crippen LogP contribution in [0, 0.1) is 0 Å². The maximum absolute atomic E-state index is 5.51. The van der Waals surface area contributed by atoms with Crippen molar-refractivity contribution in [3.05, 3.63) is 36.5 Å². The monoisotopic (exact) mass is 206 g/mol. The molecule has 0 aliphatic carbocycles. The van der Waals surface area contributed by atoms with E-state index >= 15 is 0 Å². The molecule has 1 rings (SSSR count). The Labute approximate surface area is 91.2 Å². The lowest BCUT2D eigenvalue weighted by Gasteiger charge is -2.05. The van der Waals surface area contributed by atoms with Gasteiger partial charge < -0.3 is 10.1 Å². The Bertz CT molecular complexity index is 299. The number of allylic oxidation sites excluding steroid dienone is 1. The van der Waals surface area contributed by atoms with Gasteiger partial charge in [0.1, 0.15) is 0 Å². The molecule has 15 heavy (non-hydrogen) atoms. The van der Waals surface area contributed by atoms with Gasteiger partial charge in [-0.1, -0.05) is 6.08 Å². The molecule has 0 saturated carbocycles. The van der Waals surface area contributed by atoms with Crippen LogP contribution in [0.25, 0.3) is 0 Å². The molecular formula is C12H18N2O. The Balaban J connectivity index is 2.39. The minimum Gasteiger partial charge on any atom is -0.478 e. The summed E-state index contributed by atoms with van der Waals surface area (Å²) in [6.07, 6.45) is 5.64. The molecule has 0 aliphatic rings. The zero-order valence-corrected chi connectivity index (χ0v) is 9.20. The molecule has 0 spiro atoms. The summed E-state index contributed by atoms with van der Waals surface area (Å²) in [4.78, 5) is 4.14. The Morgan fingerprint density at radius 3 is 3.20 bits per heavy atom. The van der Waals surface area contributed by atoms with E-state index in [2.05, 4.69) is 16.9 Å². The van der Waals surface area contributed by atoms with Gasteiger partial charge in [-0.25, -0.2) is 4.98 Å². The van der Waals surface area contributed by atoms with E-state index in [9.17, 15) is 0 Å². The van der Waals surface area contributed by atoms with Crippen molar-refractivity contribution in [1.82, 2.24) is 10.3 Å². The lowest BCUT2D eigenvalue weighted by atomic mass is 10.2. The topological polar surface area (TPSA) is 34.1 Å². The van der Waals surface area contributed by atoms with Crippen LogP contribution < -0.4 is 10.1 Å². The third kappa shape index (κ3) is 4.61. The number of aromatic nitrogens is 1. The van der Waals surface area contributed by atoms with Crippen molar-refractivity contribution < 1.29 is 4.74 Å². The van der Waals surface area contributed by atoms with Crippen molar-refractivity contribution in [3.8, 4) is 5.88 Å². The Kier molecular flexibility index (Phi) is 5.48. The van der Waals surface area contributed by atoms with Crippen molar-refractivity contribution in [1.29, 1.82) is 0 Å². The normalized spacial score (nSPS) is 9.93. The average Bonchev–Trinajstić information content (AvgIpc) is 2.26. The minimum absolute atomic E-state index is 0.696. The third-order valence-corrected chi connectivity index (χ3v) is 1.98. The molecule has 0 amide bonds. The first-order valence-electron chi connectivity index (χ1n) is 5.20. The van der Waals surface area contributed by atoms with Crippen LogP contribution in [0.4, 0.5) is 0 Å². The van der Waals surface area contributed by atoms with Gasteiger partial charge in [-0.2, -0.15) is 0 Å². The minimum atomic E-state index is 0.696. The van der Waals surface area contributed by atoms with Crippen molar-refractivity contribution >= 4 is 0 Å². The van der Waals surface area contributed by atoms with Gasteiger partial charge in [0.25, 0.3) is 0 Å². The Morgan fingerprint density at radius 2 is 2.47 bits per heavy atom. The van der Waals surface area contributed by atoms with Crippen LogP contribution in [0.2, 0.25) is 0 Å². The number of hydrogen-bond donors (Lipinski definition) is 1. The average molecular weight is 206 g/mol. The molecule has 0 aromatic carbocycles. The lowest BCUT2D eigenvalue weighted by Crippen LogP contribution is -2.06. The number of unbranched alkanes of at least 4 members (excludes halogenated alkanes) is 1. The summed E-state index contributed by atoms with van der Waals surface area (Å²) in [6.45, 7) is 5.20. The Morgan fingerprint density at radius 1 is 1.60 bits per heavy atom. The van der Waals surface area contributed by atoms with Crippen molar-refractivity contribution in [2.45, 2.75) is 19.4 Å². The Hall–Kier alpha value is -1.35. The van der Waals surface area contributed by atoms with E-state index in [0.29, 0.717) is 12.5 Å². The summed E-state index contributed by atoms with van der Waals surface area (Å²) in [5, 5.41) is 3.09. The van der Waals surface area contributed by atoms with E-state index < -0.39 is 0 Å². The summed E-state index contributed by atoms with van der Waals surface area (Å²) >= 11 is 0. The molecule has 0 atom stereocenters. The van der Waals surface area contributed by atoms with E-state index in [0.717, 1.165) is 19.4 Å². The van der Waals surface area contributed by atoms with Crippen LogP contribution in [0.5, 0.6) is 5.88 Å². The summed E-state index contributed by atoms with van der Waals surface area (Å²) in [5.41, 5.74) is 1.19. The largest absolute Gasteiger partial charge is 0.478 e. The number of nitrogens with one attached hydrogen (secondary N) is 1. The van der Waals surface area contributed by atoms with Crippen LogP contribution in [0.15, 0.2) is 31.0 Å². The standard InChI is InChI=1S/C12H18N2O/c1-3-4-5-8-15-12-9-11(10-13-2)6-7-14-12/h3,6-7,9,13H,1,4-5,8,10H2,2H3. The zero-order chi connectivity index (χ0) is 10.9. The van der Waals surface area contributed by atoms with E-state index in [-0.39, 0.29) is 0 Å². The lowest BCUT2D eigenvalue weighted by molar-refractivity contribution is 0.300. The molecule has 0 radical (unpaired) electrons. The van der Waals surface area contributed by atoms with Crippen LogP contribution in [0.1, 0.15) is 18.4 Å². The van der Waals surface area contributed by atoms with Gasteiger partial charge in [-0.05, 0) is 31.5 Å². The van der Waals surface area contributed by atoms with E-state index in [4.69, 9.17) is 4.74 Å². The molecule has 1 aromatic heterocycles. The fraction of sp³-hybridized carbons (Fsp3) is 0.417. The number of pyridine rings is 1. The molecule has 3 heteroatoms. The van der Waals surface area contributed by atoms with Gasteiger partial charge in [-0.15, -0.1) is 6.58 Å². The molecule has 3 nitrogen and oxygen atoms in total. The first-order valence-corrected chi connectivity index (χ1v) is 5.20. The molecule has 82 valence electrons. The quantitative estimate of drug-likeness (QED) is 0.548. The number of hydrogen-bond acceptors (Lipinski definition) is 3. The van der Waals surface area contributed by atoms with Gasteiger partial charge in [0.2, 0.25) is 5.88 Å². The molecular weight excluding hydrogens is 188 g/mol. The van der Waals surface area contributed by atoms with E-state index in [1.807, 2.05) is 25.3 Å². The zero-order valence-electron chi connectivity index (χ0n) is 9.20. The van der Waals surface area contributed by atoms with Crippen molar-refractivity contribution in [2.75, 3.05) is 13.7 Å². The van der Waals surface area contributed by atoms with Crippen molar-refractivity contribution in [3.63, 3.8) is 0 Å². The summed E-state index contributed by atoms with van der Waals surface area (Å²) in [6, 6.07) is 3.94. The highest BCUT2D eigenvalue weighted by Gasteiger charge is 1.97. The third-order valence-electron chi connectivity index (χ3n) is 1.98. The SMILES string of the molecule is C=CCCCOc1cc(CNC)ccn1. The summed E-state index contributed by atoms with van der Waals surface area (Å²) < 4.78 is 5.51. The molecule has 0 unspecified atom stereocenters. The highest BCUT2D eigenvalue weighted by molar-refractivity contribution is 5.20. The first-order chi connectivity index (χ1) is 7.36. The van der Waals surface area contributed by atoms with Crippen LogP contribution >= 0.6 is 0 Å². The second-order valence-corrected chi connectivity index (χ2v) is 3.31. The number of nitrogens with zero attached hydrogens (tertiary/aromatic N) is 1. The second kappa shape index (κ2) is 7.01. The van der Waals surface area contributed by atoms with Crippen LogP contribution in [-0.4, -0.2) is 18.6 Å². The highest BCUT2D eigenvalue weighted by Crippen LogP contribution is 2.09. The maximum Gasteiger partial charge on any atom is 0.213 e.